The highest BCUT2D eigenvalue weighted by Crippen LogP contribution is 2.19. The number of hydrogen-bond acceptors (Lipinski definition) is 1. The number of benzene rings is 4. The minimum Gasteiger partial charge on any atom is -0.398 e. The number of halogens is 7. The molecule has 0 saturated heterocycles. The monoisotopic (exact) mass is 735 g/mol. The second-order valence-electron chi connectivity index (χ2n) is 7.18. The van der Waals surface area contributed by atoms with Crippen molar-refractivity contribution >= 4 is 69.4 Å². The van der Waals surface area contributed by atoms with Crippen molar-refractivity contribution in [1.29, 1.82) is 0 Å². The fraction of sp³-hybridized carbons (Fsp3) is 0.111. The third-order valence-corrected chi connectivity index (χ3v) is 7.78. The van der Waals surface area contributed by atoms with E-state index in [0.29, 0.717) is 10.2 Å². The molecule has 0 amide bonds. The van der Waals surface area contributed by atoms with E-state index in [1.807, 2.05) is 38.1 Å². The third kappa shape index (κ3) is 12.3. The number of hydrogen-bond donors (Lipinski definition) is 1. The normalized spacial score (nSPS) is 9.54. The molecule has 0 aromatic heterocycles. The van der Waals surface area contributed by atoms with Crippen LogP contribution in [0.15, 0.2) is 96.8 Å². The van der Waals surface area contributed by atoms with Crippen LogP contribution in [0, 0.1) is 38.2 Å². The van der Waals surface area contributed by atoms with Crippen molar-refractivity contribution < 1.29 is 13.2 Å². The van der Waals surface area contributed by atoms with E-state index in [-0.39, 0.29) is 17.5 Å². The predicted molar refractivity (Wildman–Crippen MR) is 155 cm³/mol. The lowest BCUT2D eigenvalue weighted by atomic mass is 10.2. The first-order valence-electron chi connectivity index (χ1n) is 10.2. The lowest BCUT2D eigenvalue weighted by molar-refractivity contribution is 0.619. The highest BCUT2D eigenvalue weighted by atomic mass is 79.9. The van der Waals surface area contributed by atoms with Crippen LogP contribution in [0.2, 0.25) is 0 Å². The molecule has 8 heteroatoms. The molecule has 2 N–H and O–H groups in total. The van der Waals surface area contributed by atoms with Gasteiger partial charge in [-0.25, -0.2) is 13.2 Å². The summed E-state index contributed by atoms with van der Waals surface area (Å²) in [6.45, 7) is 5.85. The van der Waals surface area contributed by atoms with Crippen molar-refractivity contribution in [3.8, 4) is 0 Å². The predicted octanol–water partition coefficient (Wildman–Crippen LogP) is 10.7. The first kappa shape index (κ1) is 31.4. The maximum atomic E-state index is 12.5. The van der Waals surface area contributed by atoms with Gasteiger partial charge in [-0.1, -0.05) is 68.3 Å². The molecule has 0 radical (unpaired) electrons. The number of nitrogens with two attached hydrogens (primary N) is 1. The largest absolute Gasteiger partial charge is 0.398 e. The van der Waals surface area contributed by atoms with Crippen molar-refractivity contribution in [1.82, 2.24) is 0 Å². The number of rotatable bonds is 0. The van der Waals surface area contributed by atoms with Crippen LogP contribution in [0.3, 0.4) is 0 Å². The molecule has 0 aliphatic carbocycles. The van der Waals surface area contributed by atoms with Crippen LogP contribution in [-0.2, 0) is 0 Å². The van der Waals surface area contributed by atoms with E-state index < -0.39 is 0 Å². The Hall–Kier alpha value is -1.61. The molecule has 1 nitrogen and oxygen atoms in total. The quantitative estimate of drug-likeness (QED) is 0.179. The van der Waals surface area contributed by atoms with Gasteiger partial charge in [0.15, 0.2) is 0 Å². The Kier molecular flexibility index (Phi) is 14.5. The number of anilines is 1. The van der Waals surface area contributed by atoms with Crippen LogP contribution < -0.4 is 5.73 Å². The van der Waals surface area contributed by atoms with Crippen molar-refractivity contribution in [2.24, 2.45) is 0 Å². The van der Waals surface area contributed by atoms with E-state index >= 15 is 0 Å². The van der Waals surface area contributed by atoms with Crippen LogP contribution in [0.4, 0.5) is 18.9 Å². The van der Waals surface area contributed by atoms with Gasteiger partial charge in [-0.05, 0) is 112 Å². The smallest absolute Gasteiger partial charge is 0.137 e. The Morgan fingerprint density at radius 2 is 1.09 bits per heavy atom. The molecule has 0 heterocycles. The molecular weight excluding hydrogens is 715 g/mol. The van der Waals surface area contributed by atoms with Crippen LogP contribution >= 0.6 is 63.7 Å². The minimum absolute atomic E-state index is 0.199. The molecule has 35 heavy (non-hydrogen) atoms. The topological polar surface area (TPSA) is 26.0 Å². The molecule has 0 bridgehead atoms. The third-order valence-electron chi connectivity index (χ3n) is 4.31. The van der Waals surface area contributed by atoms with Gasteiger partial charge in [0, 0.05) is 19.1 Å². The van der Waals surface area contributed by atoms with Gasteiger partial charge in [0.2, 0.25) is 0 Å². The summed E-state index contributed by atoms with van der Waals surface area (Å²) in [4.78, 5) is 0. The molecule has 0 saturated carbocycles. The van der Waals surface area contributed by atoms with Gasteiger partial charge in [-0.2, -0.15) is 0 Å². The average molecular weight is 739 g/mol. The van der Waals surface area contributed by atoms with Gasteiger partial charge < -0.3 is 5.73 Å². The number of nitrogen functional groups attached to an aromatic ring is 1. The van der Waals surface area contributed by atoms with Crippen LogP contribution in [0.5, 0.6) is 0 Å². The van der Waals surface area contributed by atoms with Gasteiger partial charge in [0.1, 0.15) is 17.5 Å². The van der Waals surface area contributed by atoms with Gasteiger partial charge >= 0.3 is 0 Å². The lowest BCUT2D eigenvalue weighted by Gasteiger charge is -1.95. The molecule has 0 unspecified atom stereocenters. The Balaban J connectivity index is 0.000000234. The van der Waals surface area contributed by atoms with E-state index in [1.54, 1.807) is 18.2 Å². The Morgan fingerprint density at radius 3 is 1.51 bits per heavy atom. The first-order valence-corrected chi connectivity index (χ1v) is 13.3. The molecule has 186 valence electrons. The van der Waals surface area contributed by atoms with Crippen molar-refractivity contribution in [2.45, 2.75) is 20.8 Å². The van der Waals surface area contributed by atoms with E-state index in [9.17, 15) is 13.2 Å². The summed E-state index contributed by atoms with van der Waals surface area (Å²) in [5.41, 5.74) is 9.02. The van der Waals surface area contributed by atoms with Gasteiger partial charge in [0.25, 0.3) is 0 Å². The van der Waals surface area contributed by atoms with Gasteiger partial charge in [-0.15, -0.1) is 0 Å². The molecule has 4 aromatic rings. The zero-order chi connectivity index (χ0) is 26.5. The molecule has 0 aliphatic heterocycles. The van der Waals surface area contributed by atoms with E-state index in [1.165, 1.54) is 40.4 Å². The fourth-order valence-corrected chi connectivity index (χ4v) is 3.39. The first-order chi connectivity index (χ1) is 16.4. The second kappa shape index (κ2) is 16.2. The SMILES string of the molecule is Cc1ccc(F)cc1Br.Cc1cccc(F)c1Br.Cc1ccccc1Br.Nc1cc(F)ccc1Br. The average Bonchev–Trinajstić information content (AvgIpc) is 2.81. The summed E-state index contributed by atoms with van der Waals surface area (Å²) in [5, 5.41) is 0. The summed E-state index contributed by atoms with van der Waals surface area (Å²) >= 11 is 12.8. The summed E-state index contributed by atoms with van der Waals surface area (Å²) in [5.74, 6) is -0.710. The highest BCUT2D eigenvalue weighted by molar-refractivity contribution is 9.11. The van der Waals surface area contributed by atoms with Crippen molar-refractivity contribution in [3.05, 3.63) is 131 Å². The van der Waals surface area contributed by atoms with Gasteiger partial charge in [-0.3, -0.25) is 0 Å². The zero-order valence-corrected chi connectivity index (χ0v) is 25.6. The summed E-state index contributed by atoms with van der Waals surface area (Å²) in [6.07, 6.45) is 0. The molecular formula is C27H24Br4F3N. The van der Waals surface area contributed by atoms with Gasteiger partial charge in [0.05, 0.1) is 4.47 Å². The van der Waals surface area contributed by atoms with Crippen LogP contribution in [-0.4, -0.2) is 0 Å². The molecule has 0 atom stereocenters. The zero-order valence-electron chi connectivity index (χ0n) is 19.2. The van der Waals surface area contributed by atoms with Crippen molar-refractivity contribution in [3.63, 3.8) is 0 Å². The maximum Gasteiger partial charge on any atom is 0.137 e. The summed E-state index contributed by atoms with van der Waals surface area (Å²) in [6, 6.07) is 21.9. The Morgan fingerprint density at radius 1 is 0.543 bits per heavy atom. The highest BCUT2D eigenvalue weighted by Gasteiger charge is 1.98. The molecule has 0 fully saturated rings. The van der Waals surface area contributed by atoms with Crippen LogP contribution in [0.25, 0.3) is 0 Å². The van der Waals surface area contributed by atoms with Crippen molar-refractivity contribution in [2.75, 3.05) is 5.73 Å². The number of aryl methyl sites for hydroxylation is 3. The molecule has 0 aliphatic rings. The lowest BCUT2D eigenvalue weighted by Crippen LogP contribution is -1.86. The maximum absolute atomic E-state index is 12.5. The standard InChI is InChI=1S/2C7H6BrF.C7H7Br.C6H5BrFN/c1-5-2-3-6(9)4-7(5)8;1-5-3-2-4-6(9)7(5)8;1-6-4-2-3-5-7(6)8;7-5-2-1-4(8)3-6(5)9/h2*2-4H,1H3;2-5H,1H3;1-3H,9H2. The summed E-state index contributed by atoms with van der Waals surface area (Å²) < 4.78 is 40.4. The van der Waals surface area contributed by atoms with Crippen LogP contribution in [0.1, 0.15) is 16.7 Å². The van der Waals surface area contributed by atoms with E-state index in [4.69, 9.17) is 5.73 Å². The Bertz CT molecular complexity index is 1140. The second-order valence-corrected chi connectivity index (χ2v) is 10.5. The fourth-order valence-electron chi connectivity index (χ4n) is 2.24. The Labute approximate surface area is 238 Å². The molecule has 4 rings (SSSR count). The molecule has 4 aromatic carbocycles. The minimum atomic E-state index is -0.310. The molecule has 0 spiro atoms. The van der Waals surface area contributed by atoms with E-state index in [0.717, 1.165) is 20.1 Å². The van der Waals surface area contributed by atoms with E-state index in [2.05, 4.69) is 76.7 Å². The summed E-state index contributed by atoms with van der Waals surface area (Å²) in [7, 11) is 0.